The fraction of sp³-hybridized carbons (Fsp3) is 0.250. The van der Waals surface area contributed by atoms with Gasteiger partial charge in [0, 0.05) is 37.7 Å². The molecule has 0 aliphatic carbocycles. The lowest BCUT2D eigenvalue weighted by Gasteiger charge is -2.17. The van der Waals surface area contributed by atoms with E-state index in [1.165, 1.54) is 30.3 Å². The first-order valence-corrected chi connectivity index (χ1v) is 8.95. The van der Waals surface area contributed by atoms with Gasteiger partial charge in [0.2, 0.25) is 11.8 Å². The van der Waals surface area contributed by atoms with E-state index >= 15 is 0 Å². The highest BCUT2D eigenvalue weighted by Gasteiger charge is 2.36. The minimum Gasteiger partial charge on any atom is -0.508 e. The van der Waals surface area contributed by atoms with Crippen LogP contribution in [0.5, 0.6) is 5.75 Å². The number of anilines is 1. The van der Waals surface area contributed by atoms with E-state index in [0.717, 1.165) is 11.0 Å². The van der Waals surface area contributed by atoms with Crippen LogP contribution < -0.4 is 15.5 Å². The molecule has 0 saturated carbocycles. The molecule has 0 spiro atoms. The molecular weight excluding hydrogens is 384 g/mol. The van der Waals surface area contributed by atoms with Crippen LogP contribution >= 0.6 is 0 Å². The molecule has 29 heavy (non-hydrogen) atoms. The predicted molar refractivity (Wildman–Crippen MR) is 100 cm³/mol. The molecule has 3 rings (SSSR count). The lowest BCUT2D eigenvalue weighted by atomic mass is 10.1. The number of amides is 3. The second-order valence-electron chi connectivity index (χ2n) is 6.59. The number of carbonyl (C=O) groups excluding carboxylic acids is 3. The first kappa shape index (κ1) is 20.2. The molecule has 0 bridgehead atoms. The van der Waals surface area contributed by atoms with Crippen LogP contribution in [0, 0.1) is 17.6 Å². The van der Waals surface area contributed by atoms with Gasteiger partial charge in [0.25, 0.3) is 5.91 Å². The first-order chi connectivity index (χ1) is 13.8. The van der Waals surface area contributed by atoms with E-state index in [4.69, 9.17) is 0 Å². The van der Waals surface area contributed by atoms with Crippen LogP contribution in [0.2, 0.25) is 0 Å². The maximum absolute atomic E-state index is 13.9. The Balaban J connectivity index is 1.47. The molecule has 0 radical (unpaired) electrons. The molecule has 1 aliphatic rings. The smallest absolute Gasteiger partial charge is 0.251 e. The van der Waals surface area contributed by atoms with Gasteiger partial charge in [0.15, 0.2) is 0 Å². The Morgan fingerprint density at radius 2 is 1.76 bits per heavy atom. The van der Waals surface area contributed by atoms with Crippen molar-refractivity contribution in [3.8, 4) is 5.75 Å². The normalized spacial score (nSPS) is 16.0. The van der Waals surface area contributed by atoms with Gasteiger partial charge in [-0.3, -0.25) is 14.4 Å². The Labute approximate surface area is 165 Å². The molecule has 7 nitrogen and oxygen atoms in total. The molecule has 1 aliphatic heterocycles. The number of hydrogen-bond donors (Lipinski definition) is 3. The fourth-order valence-corrected chi connectivity index (χ4v) is 3.04. The van der Waals surface area contributed by atoms with E-state index in [0.29, 0.717) is 11.6 Å². The van der Waals surface area contributed by atoms with Crippen molar-refractivity contribution in [1.29, 1.82) is 0 Å². The van der Waals surface area contributed by atoms with Crippen LogP contribution in [0.15, 0.2) is 42.5 Å². The number of hydrogen-bond acceptors (Lipinski definition) is 4. The van der Waals surface area contributed by atoms with Crippen molar-refractivity contribution in [3.63, 3.8) is 0 Å². The lowest BCUT2D eigenvalue weighted by Crippen LogP contribution is -2.38. The van der Waals surface area contributed by atoms with Crippen molar-refractivity contribution in [2.45, 2.75) is 6.42 Å². The van der Waals surface area contributed by atoms with E-state index < -0.39 is 23.5 Å². The van der Waals surface area contributed by atoms with Gasteiger partial charge < -0.3 is 20.6 Å². The van der Waals surface area contributed by atoms with E-state index in [1.807, 2.05) is 0 Å². The zero-order valence-corrected chi connectivity index (χ0v) is 15.3. The largest absolute Gasteiger partial charge is 0.508 e. The Kier molecular flexibility index (Phi) is 6.06. The number of phenols is 1. The minimum absolute atomic E-state index is 0.00686. The molecule has 3 N–H and O–H groups in total. The Hall–Kier alpha value is -3.49. The SMILES string of the molecule is O=C(NCCNC(=O)C1CC(=O)N(c2ccc(F)cc2F)C1)c1ccc(O)cc1. The highest BCUT2D eigenvalue weighted by Crippen LogP contribution is 2.27. The van der Waals surface area contributed by atoms with E-state index in [2.05, 4.69) is 10.6 Å². The topological polar surface area (TPSA) is 98.7 Å². The van der Waals surface area contributed by atoms with Gasteiger partial charge in [-0.05, 0) is 36.4 Å². The number of nitrogens with zero attached hydrogens (tertiary/aromatic N) is 1. The standard InChI is InChI=1S/C20H19F2N3O4/c21-14-3-6-17(16(22)10-14)25-11-13(9-18(25)27)20(29)24-8-7-23-19(28)12-1-4-15(26)5-2-12/h1-6,10,13,26H,7-9,11H2,(H,23,28)(H,24,29). The third-order valence-electron chi connectivity index (χ3n) is 4.54. The summed E-state index contributed by atoms with van der Waals surface area (Å²) in [6.07, 6.45) is -0.0808. The Bertz CT molecular complexity index is 934. The minimum atomic E-state index is -0.864. The van der Waals surface area contributed by atoms with Crippen molar-refractivity contribution in [2.75, 3.05) is 24.5 Å². The van der Waals surface area contributed by atoms with E-state index in [1.54, 1.807) is 0 Å². The van der Waals surface area contributed by atoms with Crippen molar-refractivity contribution in [3.05, 3.63) is 59.7 Å². The maximum atomic E-state index is 13.9. The molecule has 1 atom stereocenters. The maximum Gasteiger partial charge on any atom is 0.251 e. The van der Waals surface area contributed by atoms with E-state index in [-0.39, 0.29) is 49.3 Å². The zero-order chi connectivity index (χ0) is 21.0. The summed E-state index contributed by atoms with van der Waals surface area (Å²) in [6, 6.07) is 8.63. The molecule has 1 fully saturated rings. The van der Waals surface area contributed by atoms with Crippen LogP contribution in [-0.4, -0.2) is 42.5 Å². The van der Waals surface area contributed by atoms with Crippen molar-refractivity contribution < 1.29 is 28.3 Å². The number of halogens is 2. The number of carbonyl (C=O) groups is 3. The molecule has 9 heteroatoms. The average Bonchev–Trinajstić information content (AvgIpc) is 3.07. The number of aromatic hydroxyl groups is 1. The quantitative estimate of drug-likeness (QED) is 0.638. The van der Waals surface area contributed by atoms with Gasteiger partial charge in [-0.2, -0.15) is 0 Å². The van der Waals surface area contributed by atoms with Crippen LogP contribution in [0.25, 0.3) is 0 Å². The van der Waals surface area contributed by atoms with E-state index in [9.17, 15) is 28.3 Å². The summed E-state index contributed by atoms with van der Waals surface area (Å²) in [5, 5.41) is 14.5. The van der Waals surface area contributed by atoms with Crippen LogP contribution in [0.3, 0.4) is 0 Å². The third-order valence-corrected chi connectivity index (χ3v) is 4.54. The Morgan fingerprint density at radius 3 is 2.45 bits per heavy atom. The number of benzene rings is 2. The molecule has 152 valence electrons. The summed E-state index contributed by atoms with van der Waals surface area (Å²) in [6.45, 7) is 0.313. The summed E-state index contributed by atoms with van der Waals surface area (Å²) < 4.78 is 26.9. The molecule has 1 heterocycles. The lowest BCUT2D eigenvalue weighted by molar-refractivity contribution is -0.126. The summed E-state index contributed by atoms with van der Waals surface area (Å²) in [5.41, 5.74) is 0.306. The predicted octanol–water partition coefficient (Wildman–Crippen LogP) is 1.57. The molecule has 1 saturated heterocycles. The van der Waals surface area contributed by atoms with Crippen molar-refractivity contribution in [2.24, 2.45) is 5.92 Å². The number of phenolic OH excluding ortho intramolecular Hbond substituents is 1. The van der Waals surface area contributed by atoms with Gasteiger partial charge in [0.1, 0.15) is 17.4 Å². The Morgan fingerprint density at radius 1 is 1.07 bits per heavy atom. The third kappa shape index (κ3) is 4.87. The van der Waals surface area contributed by atoms with Gasteiger partial charge in [0.05, 0.1) is 11.6 Å². The van der Waals surface area contributed by atoms with Crippen LogP contribution in [0.1, 0.15) is 16.8 Å². The summed E-state index contributed by atoms with van der Waals surface area (Å²) in [5.74, 6) is -3.39. The average molecular weight is 403 g/mol. The fourth-order valence-electron chi connectivity index (χ4n) is 3.04. The molecule has 0 aromatic heterocycles. The molecular formula is C20H19F2N3O4. The summed E-state index contributed by atoms with van der Waals surface area (Å²) in [7, 11) is 0. The first-order valence-electron chi connectivity index (χ1n) is 8.95. The van der Waals surface area contributed by atoms with Gasteiger partial charge in [-0.25, -0.2) is 8.78 Å². The second kappa shape index (κ2) is 8.68. The van der Waals surface area contributed by atoms with Gasteiger partial charge >= 0.3 is 0 Å². The summed E-state index contributed by atoms with van der Waals surface area (Å²) in [4.78, 5) is 37.5. The summed E-state index contributed by atoms with van der Waals surface area (Å²) >= 11 is 0. The highest BCUT2D eigenvalue weighted by molar-refractivity contribution is 6.00. The van der Waals surface area contributed by atoms with Gasteiger partial charge in [-0.1, -0.05) is 0 Å². The molecule has 2 aromatic carbocycles. The molecule has 3 amide bonds. The zero-order valence-electron chi connectivity index (χ0n) is 15.3. The van der Waals surface area contributed by atoms with Gasteiger partial charge in [-0.15, -0.1) is 0 Å². The molecule has 2 aromatic rings. The van der Waals surface area contributed by atoms with Crippen molar-refractivity contribution >= 4 is 23.4 Å². The second-order valence-corrected chi connectivity index (χ2v) is 6.59. The van der Waals surface area contributed by atoms with Crippen molar-refractivity contribution in [1.82, 2.24) is 10.6 Å². The van der Waals surface area contributed by atoms with Crippen LogP contribution in [0.4, 0.5) is 14.5 Å². The number of nitrogens with one attached hydrogen (secondary N) is 2. The monoisotopic (exact) mass is 403 g/mol. The highest BCUT2D eigenvalue weighted by atomic mass is 19.1. The number of rotatable bonds is 6. The van der Waals surface area contributed by atoms with Crippen LogP contribution in [-0.2, 0) is 9.59 Å². The molecule has 1 unspecified atom stereocenters.